The van der Waals surface area contributed by atoms with Crippen LogP contribution in [0.1, 0.15) is 64.5 Å². The molecule has 3 aromatic rings. The van der Waals surface area contributed by atoms with Crippen LogP contribution in [-0.4, -0.2) is 38.1 Å². The molecule has 2 fully saturated rings. The van der Waals surface area contributed by atoms with E-state index in [4.69, 9.17) is 10.7 Å². The van der Waals surface area contributed by atoms with Crippen molar-refractivity contribution in [3.05, 3.63) is 46.5 Å². The molecule has 1 aliphatic carbocycles. The van der Waals surface area contributed by atoms with E-state index in [0.717, 1.165) is 61.8 Å². The zero-order valence-corrected chi connectivity index (χ0v) is 20.4. The first kappa shape index (κ1) is 22.8. The Balaban J connectivity index is 1.39. The van der Waals surface area contributed by atoms with E-state index in [9.17, 15) is 4.79 Å². The Hall–Kier alpha value is -3.00. The Labute approximate surface area is 200 Å². The fourth-order valence-corrected chi connectivity index (χ4v) is 5.36. The second-order valence-electron chi connectivity index (χ2n) is 10.4. The summed E-state index contributed by atoms with van der Waals surface area (Å²) in [6.45, 7) is 8.17. The minimum Gasteiger partial charge on any atom is -0.370 e. The number of aromatic nitrogens is 4. The maximum absolute atomic E-state index is 13.2. The number of nitrogens with one attached hydrogen (secondary N) is 1. The number of pyridine rings is 2. The molecule has 1 saturated heterocycles. The number of anilines is 3. The van der Waals surface area contributed by atoms with Gasteiger partial charge in [-0.3, -0.25) is 9.36 Å². The highest BCUT2D eigenvalue weighted by Gasteiger charge is 2.32. The number of aryl methyl sites for hydroxylation is 1. The van der Waals surface area contributed by atoms with Gasteiger partial charge in [0.1, 0.15) is 11.5 Å². The van der Waals surface area contributed by atoms with Crippen LogP contribution in [0.15, 0.2) is 35.4 Å². The highest BCUT2D eigenvalue weighted by molar-refractivity contribution is 5.76. The van der Waals surface area contributed by atoms with Crippen LogP contribution in [0.2, 0.25) is 0 Å². The van der Waals surface area contributed by atoms with Crippen LogP contribution in [0.5, 0.6) is 0 Å². The van der Waals surface area contributed by atoms with Gasteiger partial charge in [0.25, 0.3) is 5.56 Å². The minimum absolute atomic E-state index is 0.0820. The molecular formula is C26H35N7O. The zero-order valence-electron chi connectivity index (χ0n) is 20.4. The maximum atomic E-state index is 13.2. The standard InChI is InChI=1S/C26H35N7O/c1-4-17-13-18-14-29-25(31-23(18)33(24(17)34)20-7-5-6-8-20)30-22-10-9-21(15-28-22)32-12-11-19(16-32)26(2,3)27/h9-10,13-15,19-20H,4-8,11-12,16,27H2,1-3H3,(H,28,29,30,31). The van der Waals surface area contributed by atoms with Crippen LogP contribution in [-0.2, 0) is 6.42 Å². The summed E-state index contributed by atoms with van der Waals surface area (Å²) >= 11 is 0. The van der Waals surface area contributed by atoms with Crippen LogP contribution < -0.4 is 21.5 Å². The predicted octanol–water partition coefficient (Wildman–Crippen LogP) is 4.17. The molecule has 0 spiro atoms. The van der Waals surface area contributed by atoms with Gasteiger partial charge in [-0.1, -0.05) is 19.8 Å². The highest BCUT2D eigenvalue weighted by Crippen LogP contribution is 2.32. The molecule has 34 heavy (non-hydrogen) atoms. The van der Waals surface area contributed by atoms with Crippen molar-refractivity contribution >= 4 is 28.5 Å². The average Bonchev–Trinajstić information content (AvgIpc) is 3.52. The molecule has 2 aliphatic rings. The highest BCUT2D eigenvalue weighted by atomic mass is 16.1. The third kappa shape index (κ3) is 4.39. The van der Waals surface area contributed by atoms with Gasteiger partial charge in [-0.15, -0.1) is 0 Å². The molecular weight excluding hydrogens is 426 g/mol. The summed E-state index contributed by atoms with van der Waals surface area (Å²) in [5.41, 5.74) is 8.85. The van der Waals surface area contributed by atoms with Gasteiger partial charge in [0.15, 0.2) is 0 Å². The van der Waals surface area contributed by atoms with Gasteiger partial charge in [-0.25, -0.2) is 9.97 Å². The number of nitrogens with zero attached hydrogens (tertiary/aromatic N) is 5. The van der Waals surface area contributed by atoms with Crippen LogP contribution in [0.4, 0.5) is 17.5 Å². The lowest BCUT2D eigenvalue weighted by atomic mass is 9.88. The van der Waals surface area contributed by atoms with E-state index in [0.29, 0.717) is 29.8 Å². The summed E-state index contributed by atoms with van der Waals surface area (Å²) in [7, 11) is 0. The molecule has 0 bridgehead atoms. The van der Waals surface area contributed by atoms with E-state index in [1.165, 1.54) is 0 Å². The van der Waals surface area contributed by atoms with Crippen molar-refractivity contribution in [2.45, 2.75) is 70.9 Å². The molecule has 1 unspecified atom stereocenters. The normalized spacial score (nSPS) is 19.3. The van der Waals surface area contributed by atoms with E-state index in [-0.39, 0.29) is 17.1 Å². The Morgan fingerprint density at radius 1 is 1.15 bits per heavy atom. The molecule has 8 nitrogen and oxygen atoms in total. The van der Waals surface area contributed by atoms with Gasteiger partial charge in [-0.05, 0) is 63.6 Å². The number of nitrogens with two attached hydrogens (primary N) is 1. The average molecular weight is 462 g/mol. The fraction of sp³-hybridized carbons (Fsp3) is 0.538. The summed E-state index contributed by atoms with van der Waals surface area (Å²) in [6, 6.07) is 6.17. The monoisotopic (exact) mass is 461 g/mol. The predicted molar refractivity (Wildman–Crippen MR) is 137 cm³/mol. The molecule has 5 rings (SSSR count). The second kappa shape index (κ2) is 8.98. The molecule has 1 atom stereocenters. The van der Waals surface area contributed by atoms with Gasteiger partial charge >= 0.3 is 0 Å². The SMILES string of the molecule is CCc1cc2cnc(Nc3ccc(N4CCC(C(C)(C)N)C4)cn3)nc2n(C2CCCC2)c1=O. The molecule has 180 valence electrons. The zero-order chi connectivity index (χ0) is 23.9. The van der Waals surface area contributed by atoms with Crippen molar-refractivity contribution in [2.75, 3.05) is 23.3 Å². The molecule has 0 amide bonds. The van der Waals surface area contributed by atoms with Gasteiger partial charge in [0.2, 0.25) is 5.95 Å². The lowest BCUT2D eigenvalue weighted by molar-refractivity contribution is 0.348. The van der Waals surface area contributed by atoms with E-state index >= 15 is 0 Å². The van der Waals surface area contributed by atoms with E-state index in [2.05, 4.69) is 40.1 Å². The van der Waals surface area contributed by atoms with Crippen LogP contribution in [0.25, 0.3) is 11.0 Å². The number of rotatable bonds is 6. The van der Waals surface area contributed by atoms with Crippen LogP contribution >= 0.6 is 0 Å². The summed E-state index contributed by atoms with van der Waals surface area (Å²) < 4.78 is 1.91. The van der Waals surface area contributed by atoms with Gasteiger partial charge in [0.05, 0.1) is 11.9 Å². The molecule has 1 saturated carbocycles. The number of hydrogen-bond donors (Lipinski definition) is 2. The number of hydrogen-bond acceptors (Lipinski definition) is 7. The van der Waals surface area contributed by atoms with E-state index < -0.39 is 0 Å². The van der Waals surface area contributed by atoms with Crippen LogP contribution in [0, 0.1) is 5.92 Å². The van der Waals surface area contributed by atoms with Gasteiger partial charge in [0, 0.05) is 41.8 Å². The molecule has 4 heterocycles. The van der Waals surface area contributed by atoms with Crippen molar-refractivity contribution < 1.29 is 0 Å². The summed E-state index contributed by atoms with van der Waals surface area (Å²) in [5, 5.41) is 4.13. The Morgan fingerprint density at radius 2 is 1.94 bits per heavy atom. The largest absolute Gasteiger partial charge is 0.370 e. The molecule has 3 N–H and O–H groups in total. The lowest BCUT2D eigenvalue weighted by Gasteiger charge is -2.27. The second-order valence-corrected chi connectivity index (χ2v) is 10.4. The minimum atomic E-state index is -0.172. The van der Waals surface area contributed by atoms with Crippen molar-refractivity contribution in [2.24, 2.45) is 11.7 Å². The van der Waals surface area contributed by atoms with E-state index in [1.807, 2.05) is 36.0 Å². The van der Waals surface area contributed by atoms with E-state index in [1.54, 1.807) is 0 Å². The molecule has 8 heteroatoms. The molecule has 0 radical (unpaired) electrons. The summed E-state index contributed by atoms with van der Waals surface area (Å²) in [4.78, 5) is 29.4. The van der Waals surface area contributed by atoms with Crippen molar-refractivity contribution in [1.82, 2.24) is 19.5 Å². The lowest BCUT2D eigenvalue weighted by Crippen LogP contribution is -2.42. The van der Waals surface area contributed by atoms with Gasteiger partial charge in [-0.2, -0.15) is 4.98 Å². The Morgan fingerprint density at radius 3 is 2.59 bits per heavy atom. The van der Waals surface area contributed by atoms with Gasteiger partial charge < -0.3 is 16.0 Å². The topological polar surface area (TPSA) is 102 Å². The van der Waals surface area contributed by atoms with Crippen LogP contribution in [0.3, 0.4) is 0 Å². The summed E-state index contributed by atoms with van der Waals surface area (Å²) in [5.74, 6) is 1.61. The number of fused-ring (bicyclic) bond motifs is 1. The smallest absolute Gasteiger partial charge is 0.255 e. The first-order chi connectivity index (χ1) is 16.3. The van der Waals surface area contributed by atoms with Crippen molar-refractivity contribution in [3.63, 3.8) is 0 Å². The Kier molecular flexibility index (Phi) is 6.02. The summed E-state index contributed by atoms with van der Waals surface area (Å²) in [6.07, 6.45) is 9.85. The maximum Gasteiger partial charge on any atom is 0.255 e. The van der Waals surface area contributed by atoms with Crippen molar-refractivity contribution in [3.8, 4) is 0 Å². The van der Waals surface area contributed by atoms with Crippen molar-refractivity contribution in [1.29, 1.82) is 0 Å². The first-order valence-electron chi connectivity index (χ1n) is 12.5. The third-order valence-corrected chi connectivity index (χ3v) is 7.51. The molecule has 0 aromatic carbocycles. The Bertz CT molecular complexity index is 1220. The first-order valence-corrected chi connectivity index (χ1v) is 12.5. The quantitative estimate of drug-likeness (QED) is 0.568. The fourth-order valence-electron chi connectivity index (χ4n) is 5.36. The molecule has 1 aliphatic heterocycles. The molecule has 3 aromatic heterocycles. The third-order valence-electron chi connectivity index (χ3n) is 7.51.